The minimum Gasteiger partial charge on any atom is -0.481 e. The summed E-state index contributed by atoms with van der Waals surface area (Å²) in [6.07, 6.45) is 1.30. The van der Waals surface area contributed by atoms with E-state index in [2.05, 4.69) is 9.97 Å². The SMILES string of the molecule is O=C(O)Cc1cc2ncccc2[nH]c1=O. The largest absolute Gasteiger partial charge is 0.481 e. The maximum absolute atomic E-state index is 11.4. The summed E-state index contributed by atoms with van der Waals surface area (Å²) in [5.74, 6) is -1.03. The van der Waals surface area contributed by atoms with Gasteiger partial charge in [-0.3, -0.25) is 14.6 Å². The van der Waals surface area contributed by atoms with Crippen LogP contribution in [0.1, 0.15) is 5.56 Å². The molecule has 0 atom stereocenters. The highest BCUT2D eigenvalue weighted by molar-refractivity contribution is 5.76. The second kappa shape index (κ2) is 3.53. The van der Waals surface area contributed by atoms with Gasteiger partial charge in [0, 0.05) is 11.8 Å². The van der Waals surface area contributed by atoms with Crippen molar-refractivity contribution in [1.82, 2.24) is 9.97 Å². The van der Waals surface area contributed by atoms with Gasteiger partial charge in [-0.15, -0.1) is 0 Å². The van der Waals surface area contributed by atoms with Crippen molar-refractivity contribution in [3.63, 3.8) is 0 Å². The zero-order chi connectivity index (χ0) is 10.8. The molecule has 0 fully saturated rings. The fraction of sp³-hybridized carbons (Fsp3) is 0.100. The molecule has 0 unspecified atom stereocenters. The highest BCUT2D eigenvalue weighted by Crippen LogP contribution is 2.06. The molecule has 0 saturated carbocycles. The average molecular weight is 204 g/mol. The van der Waals surface area contributed by atoms with E-state index < -0.39 is 5.97 Å². The molecule has 5 nitrogen and oxygen atoms in total. The van der Waals surface area contributed by atoms with Crippen LogP contribution in [0, 0.1) is 0 Å². The van der Waals surface area contributed by atoms with E-state index >= 15 is 0 Å². The predicted molar refractivity (Wildman–Crippen MR) is 53.7 cm³/mol. The Morgan fingerprint density at radius 1 is 1.53 bits per heavy atom. The number of rotatable bonds is 2. The normalized spacial score (nSPS) is 10.4. The number of nitrogens with zero attached hydrogens (tertiary/aromatic N) is 1. The number of H-pyrrole nitrogens is 1. The Morgan fingerprint density at radius 3 is 3.07 bits per heavy atom. The van der Waals surface area contributed by atoms with Gasteiger partial charge in [0.2, 0.25) is 0 Å². The molecule has 0 radical (unpaired) electrons. The maximum Gasteiger partial charge on any atom is 0.308 e. The summed E-state index contributed by atoms with van der Waals surface area (Å²) < 4.78 is 0. The molecule has 5 heteroatoms. The summed E-state index contributed by atoms with van der Waals surface area (Å²) in [4.78, 5) is 28.5. The van der Waals surface area contributed by atoms with Crippen molar-refractivity contribution in [3.05, 3.63) is 40.3 Å². The lowest BCUT2D eigenvalue weighted by Gasteiger charge is -1.99. The molecule has 0 spiro atoms. The maximum atomic E-state index is 11.4. The molecular weight excluding hydrogens is 196 g/mol. The van der Waals surface area contributed by atoms with Gasteiger partial charge in [-0.2, -0.15) is 0 Å². The van der Waals surface area contributed by atoms with E-state index in [9.17, 15) is 9.59 Å². The van der Waals surface area contributed by atoms with E-state index in [1.165, 1.54) is 6.07 Å². The number of aromatic nitrogens is 2. The predicted octanol–water partition coefficient (Wildman–Crippen LogP) is 0.550. The Kier molecular flexibility index (Phi) is 2.21. The second-order valence-electron chi connectivity index (χ2n) is 3.13. The van der Waals surface area contributed by atoms with Crippen LogP contribution in [0.3, 0.4) is 0 Å². The Bertz CT molecular complexity index is 574. The third kappa shape index (κ3) is 1.85. The summed E-state index contributed by atoms with van der Waals surface area (Å²) in [5.41, 5.74) is 1.04. The number of aromatic amines is 1. The van der Waals surface area contributed by atoms with Crippen LogP contribution in [0.4, 0.5) is 0 Å². The molecule has 0 amide bonds. The molecule has 0 bridgehead atoms. The Balaban J connectivity index is 2.62. The van der Waals surface area contributed by atoms with Gasteiger partial charge in [0.25, 0.3) is 5.56 Å². The van der Waals surface area contributed by atoms with Crippen molar-refractivity contribution in [2.75, 3.05) is 0 Å². The minimum absolute atomic E-state index is 0.216. The number of aliphatic carboxylic acids is 1. The molecule has 2 rings (SSSR count). The van der Waals surface area contributed by atoms with E-state index in [0.29, 0.717) is 11.0 Å². The van der Waals surface area contributed by atoms with Gasteiger partial charge in [-0.05, 0) is 18.2 Å². The van der Waals surface area contributed by atoms with Crippen LogP contribution in [0.5, 0.6) is 0 Å². The lowest BCUT2D eigenvalue weighted by Crippen LogP contribution is -2.16. The molecule has 0 aliphatic rings. The molecule has 2 heterocycles. The first-order chi connectivity index (χ1) is 7.16. The Labute approximate surface area is 84.4 Å². The van der Waals surface area contributed by atoms with Crippen LogP contribution in [0.25, 0.3) is 11.0 Å². The molecule has 76 valence electrons. The smallest absolute Gasteiger partial charge is 0.308 e. The minimum atomic E-state index is -1.03. The van der Waals surface area contributed by atoms with Crippen LogP contribution in [-0.4, -0.2) is 21.0 Å². The van der Waals surface area contributed by atoms with Crippen molar-refractivity contribution in [2.24, 2.45) is 0 Å². The first-order valence-corrected chi connectivity index (χ1v) is 4.35. The first kappa shape index (κ1) is 9.39. The van der Waals surface area contributed by atoms with Gasteiger partial charge < -0.3 is 10.1 Å². The topological polar surface area (TPSA) is 83.0 Å². The summed E-state index contributed by atoms with van der Waals surface area (Å²) in [6, 6.07) is 4.92. The van der Waals surface area contributed by atoms with Crippen LogP contribution in [0.2, 0.25) is 0 Å². The molecule has 15 heavy (non-hydrogen) atoms. The summed E-state index contributed by atoms with van der Waals surface area (Å²) in [7, 11) is 0. The fourth-order valence-corrected chi connectivity index (χ4v) is 1.37. The van der Waals surface area contributed by atoms with Gasteiger partial charge in [-0.1, -0.05) is 0 Å². The molecule has 2 N–H and O–H groups in total. The van der Waals surface area contributed by atoms with Crippen molar-refractivity contribution in [1.29, 1.82) is 0 Å². The standard InChI is InChI=1S/C10H8N2O3/c13-9(14)5-6-4-8-7(12-10(6)15)2-1-3-11-8/h1-4H,5H2,(H,12,15)(H,13,14). The zero-order valence-electron chi connectivity index (χ0n) is 7.73. The van der Waals surface area contributed by atoms with Crippen molar-refractivity contribution < 1.29 is 9.90 Å². The van der Waals surface area contributed by atoms with E-state index in [0.717, 1.165) is 0 Å². The molecule has 0 saturated heterocycles. The van der Waals surface area contributed by atoms with E-state index in [4.69, 9.17) is 5.11 Å². The zero-order valence-corrected chi connectivity index (χ0v) is 7.73. The molecule has 2 aromatic heterocycles. The van der Waals surface area contributed by atoms with Crippen LogP contribution >= 0.6 is 0 Å². The summed E-state index contributed by atoms with van der Waals surface area (Å²) in [5, 5.41) is 8.59. The number of hydrogen-bond donors (Lipinski definition) is 2. The molecule has 2 aromatic rings. The van der Waals surface area contributed by atoms with E-state index in [-0.39, 0.29) is 17.5 Å². The monoisotopic (exact) mass is 204 g/mol. The van der Waals surface area contributed by atoms with E-state index in [1.54, 1.807) is 18.3 Å². The summed E-state index contributed by atoms with van der Waals surface area (Å²) >= 11 is 0. The number of nitrogens with one attached hydrogen (secondary N) is 1. The van der Waals surface area contributed by atoms with E-state index in [1.807, 2.05) is 0 Å². The highest BCUT2D eigenvalue weighted by atomic mass is 16.4. The van der Waals surface area contributed by atoms with Crippen LogP contribution in [0.15, 0.2) is 29.2 Å². The van der Waals surface area contributed by atoms with Gasteiger partial charge >= 0.3 is 5.97 Å². The van der Waals surface area contributed by atoms with Gasteiger partial charge in [0.1, 0.15) is 0 Å². The molecular formula is C10H8N2O3. The fourth-order valence-electron chi connectivity index (χ4n) is 1.37. The third-order valence-electron chi connectivity index (χ3n) is 2.03. The number of carboxylic acids is 1. The first-order valence-electron chi connectivity index (χ1n) is 4.35. The number of hydrogen-bond acceptors (Lipinski definition) is 3. The average Bonchev–Trinajstić information content (AvgIpc) is 2.18. The van der Waals surface area contributed by atoms with Crippen LogP contribution < -0.4 is 5.56 Å². The lowest BCUT2D eigenvalue weighted by molar-refractivity contribution is -0.136. The summed E-state index contributed by atoms with van der Waals surface area (Å²) in [6.45, 7) is 0. The number of carboxylic acid groups (broad SMARTS) is 1. The Morgan fingerprint density at radius 2 is 2.33 bits per heavy atom. The van der Waals surface area contributed by atoms with Gasteiger partial charge in [0.05, 0.1) is 17.5 Å². The van der Waals surface area contributed by atoms with Crippen molar-refractivity contribution in [2.45, 2.75) is 6.42 Å². The quantitative estimate of drug-likeness (QED) is 0.748. The number of carbonyl (C=O) groups is 1. The third-order valence-corrected chi connectivity index (χ3v) is 2.03. The molecule has 0 aromatic carbocycles. The second-order valence-corrected chi connectivity index (χ2v) is 3.13. The van der Waals surface area contributed by atoms with Crippen LogP contribution in [-0.2, 0) is 11.2 Å². The molecule has 0 aliphatic heterocycles. The number of fused-ring (bicyclic) bond motifs is 1. The molecule has 0 aliphatic carbocycles. The van der Waals surface area contributed by atoms with Gasteiger partial charge in [-0.25, -0.2) is 0 Å². The van der Waals surface area contributed by atoms with Crippen molar-refractivity contribution in [3.8, 4) is 0 Å². The number of pyridine rings is 2. The van der Waals surface area contributed by atoms with Crippen molar-refractivity contribution >= 4 is 17.0 Å². The lowest BCUT2D eigenvalue weighted by atomic mass is 10.2. The highest BCUT2D eigenvalue weighted by Gasteiger charge is 2.06. The Hall–Kier alpha value is -2.17. The van der Waals surface area contributed by atoms with Gasteiger partial charge in [0.15, 0.2) is 0 Å².